The van der Waals surface area contributed by atoms with Gasteiger partial charge in [-0.25, -0.2) is 0 Å². The normalized spacial score (nSPS) is 33.8. The van der Waals surface area contributed by atoms with Crippen molar-refractivity contribution in [1.29, 1.82) is 0 Å². The maximum atomic E-state index is 5.67. The van der Waals surface area contributed by atoms with Crippen LogP contribution in [0.3, 0.4) is 0 Å². The molecule has 0 aromatic carbocycles. The Balaban J connectivity index is 2.55. The molecule has 12 heavy (non-hydrogen) atoms. The summed E-state index contributed by atoms with van der Waals surface area (Å²) < 4.78 is 5.67. The highest BCUT2D eigenvalue weighted by atomic mass is 16.5. The monoisotopic (exact) mass is 171 g/mol. The van der Waals surface area contributed by atoms with Crippen LogP contribution in [0.1, 0.15) is 34.6 Å². The van der Waals surface area contributed by atoms with Crippen LogP contribution < -0.4 is 0 Å². The Morgan fingerprint density at radius 3 is 1.83 bits per heavy atom. The highest BCUT2D eigenvalue weighted by Crippen LogP contribution is 2.19. The van der Waals surface area contributed by atoms with Crippen molar-refractivity contribution in [2.24, 2.45) is 0 Å². The van der Waals surface area contributed by atoms with Gasteiger partial charge in [-0.3, -0.25) is 4.90 Å². The van der Waals surface area contributed by atoms with Gasteiger partial charge in [0.1, 0.15) is 0 Å². The molecule has 2 heteroatoms. The lowest BCUT2D eigenvalue weighted by Gasteiger charge is -2.43. The van der Waals surface area contributed by atoms with Gasteiger partial charge in [0.15, 0.2) is 0 Å². The van der Waals surface area contributed by atoms with Crippen molar-refractivity contribution in [1.82, 2.24) is 4.90 Å². The van der Waals surface area contributed by atoms with Crippen LogP contribution in [0, 0.1) is 0 Å². The molecule has 72 valence electrons. The zero-order valence-corrected chi connectivity index (χ0v) is 8.92. The van der Waals surface area contributed by atoms with E-state index in [9.17, 15) is 0 Å². The summed E-state index contributed by atoms with van der Waals surface area (Å²) in [7, 11) is 0. The molecule has 0 aromatic rings. The fraction of sp³-hybridized carbons (Fsp3) is 1.00. The van der Waals surface area contributed by atoms with Gasteiger partial charge < -0.3 is 4.74 Å². The maximum absolute atomic E-state index is 5.67. The molecule has 2 nitrogen and oxygen atoms in total. The summed E-state index contributed by atoms with van der Waals surface area (Å²) >= 11 is 0. The van der Waals surface area contributed by atoms with Crippen molar-refractivity contribution >= 4 is 0 Å². The predicted molar refractivity (Wildman–Crippen MR) is 51.3 cm³/mol. The molecule has 0 bridgehead atoms. The topological polar surface area (TPSA) is 12.5 Å². The number of nitrogens with zero attached hydrogens (tertiary/aromatic N) is 1. The Labute approximate surface area is 75.9 Å². The average molecular weight is 171 g/mol. The van der Waals surface area contributed by atoms with E-state index < -0.39 is 0 Å². The van der Waals surface area contributed by atoms with Crippen LogP contribution in [-0.2, 0) is 4.74 Å². The quantitative estimate of drug-likeness (QED) is 0.552. The summed E-state index contributed by atoms with van der Waals surface area (Å²) in [6.45, 7) is 13.2. The average Bonchev–Trinajstić information content (AvgIpc) is 1.82. The fourth-order valence-electron chi connectivity index (χ4n) is 1.73. The summed E-state index contributed by atoms with van der Waals surface area (Å²) in [4.78, 5) is 2.49. The minimum absolute atomic E-state index is 0.284. The summed E-state index contributed by atoms with van der Waals surface area (Å²) in [6.07, 6.45) is 0.765. The Morgan fingerprint density at radius 2 is 1.50 bits per heavy atom. The van der Waals surface area contributed by atoms with E-state index in [1.807, 2.05) is 0 Å². The Hall–Kier alpha value is -0.0800. The number of hydrogen-bond donors (Lipinski definition) is 0. The molecular formula is C10H21NO. The lowest BCUT2D eigenvalue weighted by Crippen LogP contribution is -2.53. The van der Waals surface area contributed by atoms with Crippen LogP contribution in [0.2, 0.25) is 0 Å². The second-order valence-electron chi connectivity index (χ2n) is 4.83. The van der Waals surface area contributed by atoms with Crippen LogP contribution in [0.15, 0.2) is 0 Å². The molecule has 0 aromatic heterocycles. The second-order valence-corrected chi connectivity index (χ2v) is 4.83. The van der Waals surface area contributed by atoms with Gasteiger partial charge >= 0.3 is 0 Å². The summed E-state index contributed by atoms with van der Waals surface area (Å²) in [5.41, 5.74) is 0.284. The Bertz CT molecular complexity index is 140. The van der Waals surface area contributed by atoms with Crippen molar-refractivity contribution in [2.45, 2.75) is 52.4 Å². The van der Waals surface area contributed by atoms with Crippen LogP contribution in [-0.4, -0.2) is 35.7 Å². The molecule has 0 N–H and O–H groups in total. The minimum atomic E-state index is 0.284. The molecule has 2 unspecified atom stereocenters. The van der Waals surface area contributed by atoms with Crippen LogP contribution >= 0.6 is 0 Å². The van der Waals surface area contributed by atoms with Gasteiger partial charge in [-0.05, 0) is 34.6 Å². The Kier molecular flexibility index (Phi) is 2.79. The van der Waals surface area contributed by atoms with Crippen molar-refractivity contribution in [2.75, 3.05) is 13.1 Å². The largest absolute Gasteiger partial charge is 0.373 e. The lowest BCUT2D eigenvalue weighted by molar-refractivity contribution is -0.0924. The number of hydrogen-bond acceptors (Lipinski definition) is 2. The molecule has 0 saturated carbocycles. The SMILES string of the molecule is CC1CN(C(C)(C)C)CC(C)O1. The van der Waals surface area contributed by atoms with Crippen LogP contribution in [0.4, 0.5) is 0 Å². The van der Waals surface area contributed by atoms with E-state index in [4.69, 9.17) is 4.74 Å². The molecule has 1 saturated heterocycles. The molecule has 0 aliphatic carbocycles. The fourth-order valence-corrected chi connectivity index (χ4v) is 1.73. The van der Waals surface area contributed by atoms with E-state index in [0.29, 0.717) is 12.2 Å². The summed E-state index contributed by atoms with van der Waals surface area (Å²) in [5.74, 6) is 0. The molecular weight excluding hydrogens is 150 g/mol. The highest BCUT2D eigenvalue weighted by Gasteiger charge is 2.29. The van der Waals surface area contributed by atoms with E-state index in [1.165, 1.54) is 0 Å². The molecule has 1 fully saturated rings. The zero-order valence-electron chi connectivity index (χ0n) is 8.92. The van der Waals surface area contributed by atoms with E-state index in [0.717, 1.165) is 13.1 Å². The van der Waals surface area contributed by atoms with Crippen molar-refractivity contribution in [3.05, 3.63) is 0 Å². The van der Waals surface area contributed by atoms with Gasteiger partial charge in [-0.1, -0.05) is 0 Å². The van der Waals surface area contributed by atoms with Gasteiger partial charge in [0.2, 0.25) is 0 Å². The van der Waals surface area contributed by atoms with Crippen LogP contribution in [0.25, 0.3) is 0 Å². The smallest absolute Gasteiger partial charge is 0.0678 e. The predicted octanol–water partition coefficient (Wildman–Crippen LogP) is 1.89. The minimum Gasteiger partial charge on any atom is -0.373 e. The van der Waals surface area contributed by atoms with Gasteiger partial charge in [-0.2, -0.15) is 0 Å². The van der Waals surface area contributed by atoms with Crippen LogP contribution in [0.5, 0.6) is 0 Å². The summed E-state index contributed by atoms with van der Waals surface area (Å²) in [6, 6.07) is 0. The third kappa shape index (κ3) is 2.46. The Morgan fingerprint density at radius 1 is 1.08 bits per heavy atom. The lowest BCUT2D eigenvalue weighted by atomic mass is 10.0. The van der Waals surface area contributed by atoms with E-state index in [-0.39, 0.29) is 5.54 Å². The summed E-state index contributed by atoms with van der Waals surface area (Å²) in [5, 5.41) is 0. The standard InChI is InChI=1S/C10H21NO/c1-8-6-11(10(3,4)5)7-9(2)12-8/h8-9H,6-7H2,1-5H3. The molecule has 1 rings (SSSR count). The molecule has 1 heterocycles. The molecule has 1 aliphatic heterocycles. The zero-order chi connectivity index (χ0) is 9.35. The molecule has 1 aliphatic rings. The van der Waals surface area contributed by atoms with E-state index in [1.54, 1.807) is 0 Å². The third-order valence-corrected chi connectivity index (χ3v) is 2.37. The highest BCUT2D eigenvalue weighted by molar-refractivity contribution is 4.82. The molecule has 0 amide bonds. The van der Waals surface area contributed by atoms with Crippen molar-refractivity contribution < 1.29 is 4.74 Å². The number of rotatable bonds is 0. The van der Waals surface area contributed by atoms with Gasteiger partial charge in [0.25, 0.3) is 0 Å². The first-order valence-electron chi connectivity index (χ1n) is 4.80. The second kappa shape index (κ2) is 3.35. The van der Waals surface area contributed by atoms with Crippen molar-refractivity contribution in [3.8, 4) is 0 Å². The van der Waals surface area contributed by atoms with Crippen molar-refractivity contribution in [3.63, 3.8) is 0 Å². The first-order chi connectivity index (χ1) is 5.39. The molecule has 0 radical (unpaired) electrons. The molecule has 0 spiro atoms. The first-order valence-corrected chi connectivity index (χ1v) is 4.80. The van der Waals surface area contributed by atoms with Gasteiger partial charge in [0.05, 0.1) is 12.2 Å². The number of ether oxygens (including phenoxy) is 1. The van der Waals surface area contributed by atoms with Gasteiger partial charge in [-0.15, -0.1) is 0 Å². The first kappa shape index (κ1) is 10.0. The third-order valence-electron chi connectivity index (χ3n) is 2.37. The number of morpholine rings is 1. The van der Waals surface area contributed by atoms with Gasteiger partial charge in [0, 0.05) is 18.6 Å². The maximum Gasteiger partial charge on any atom is 0.0678 e. The van der Waals surface area contributed by atoms with E-state index >= 15 is 0 Å². The molecule has 2 atom stereocenters. The van der Waals surface area contributed by atoms with E-state index in [2.05, 4.69) is 39.5 Å².